The predicted molar refractivity (Wildman–Crippen MR) is 144 cm³/mol. The molecule has 5 rings (SSSR count). The van der Waals surface area contributed by atoms with Crippen LogP contribution in [0.15, 0.2) is 30.3 Å². The summed E-state index contributed by atoms with van der Waals surface area (Å²) in [6.45, 7) is 7.60. The van der Waals surface area contributed by atoms with Crippen molar-refractivity contribution in [2.45, 2.75) is 48.9 Å². The molecular formula is C27H37BrN4O6. The van der Waals surface area contributed by atoms with Crippen molar-refractivity contribution in [2.75, 3.05) is 51.3 Å². The summed E-state index contributed by atoms with van der Waals surface area (Å²) in [5.74, 6) is -2.59. The predicted octanol–water partition coefficient (Wildman–Crippen LogP) is 0.838. The standard InChI is InChI=1S/C27H37BrN4O6/c1-16(2)19(15-33)32-23(25(35)29-8-9-31-10-12-37-13-11-31)27-14-18(28)22(38-27)20(21(27)26(32)36)24(34)30-17-6-4-3-5-7-17/h3-7,16,18-23,33H,8-15H2,1-2H3,(H,29,35)(H,30,34)/t18?,19-,20-,21-,22-,23?,27?/m0/s1. The third-order valence-electron chi connectivity index (χ3n) is 8.46. The van der Waals surface area contributed by atoms with E-state index in [1.807, 2.05) is 32.0 Å². The summed E-state index contributed by atoms with van der Waals surface area (Å²) in [4.78, 5) is 45.1. The molecule has 3 unspecified atom stereocenters. The van der Waals surface area contributed by atoms with Crippen LogP contribution in [0.25, 0.3) is 0 Å². The first-order chi connectivity index (χ1) is 18.3. The molecule has 4 aliphatic heterocycles. The Morgan fingerprint density at radius 1 is 1.18 bits per heavy atom. The van der Waals surface area contributed by atoms with Gasteiger partial charge in [-0.2, -0.15) is 0 Å². The number of amides is 3. The first-order valence-electron chi connectivity index (χ1n) is 13.5. The third-order valence-corrected chi connectivity index (χ3v) is 9.31. The molecule has 4 fully saturated rings. The SMILES string of the molecule is CC(C)[C@H](CO)N1C(=O)[C@@H]2[C@H](C(=O)Nc3ccccc3)[C@H]3OC2(CC3Br)C1C(=O)NCCN1CCOCC1. The lowest BCUT2D eigenvalue weighted by molar-refractivity contribution is -0.146. The average molecular weight is 594 g/mol. The number of nitrogens with one attached hydrogen (secondary N) is 2. The van der Waals surface area contributed by atoms with E-state index in [0.717, 1.165) is 13.1 Å². The first-order valence-corrected chi connectivity index (χ1v) is 14.4. The van der Waals surface area contributed by atoms with Gasteiger partial charge in [-0.1, -0.05) is 48.0 Å². The van der Waals surface area contributed by atoms with Gasteiger partial charge in [0.2, 0.25) is 17.7 Å². The Hall–Kier alpha value is -2.05. The third kappa shape index (κ3) is 4.77. The van der Waals surface area contributed by atoms with Crippen LogP contribution in [0.5, 0.6) is 0 Å². The molecule has 0 saturated carbocycles. The number of ether oxygens (including phenoxy) is 2. The zero-order valence-electron chi connectivity index (χ0n) is 21.8. The van der Waals surface area contributed by atoms with Crippen molar-refractivity contribution < 1.29 is 29.0 Å². The highest BCUT2D eigenvalue weighted by Gasteiger charge is 2.77. The van der Waals surface area contributed by atoms with E-state index in [0.29, 0.717) is 38.4 Å². The minimum absolute atomic E-state index is 0.101. The van der Waals surface area contributed by atoms with Gasteiger partial charge in [0.05, 0.1) is 43.8 Å². The van der Waals surface area contributed by atoms with Gasteiger partial charge in [0.1, 0.15) is 11.6 Å². The molecule has 3 N–H and O–H groups in total. The largest absolute Gasteiger partial charge is 0.394 e. The highest BCUT2D eigenvalue weighted by atomic mass is 79.9. The van der Waals surface area contributed by atoms with Crippen molar-refractivity contribution in [3.63, 3.8) is 0 Å². The van der Waals surface area contributed by atoms with Gasteiger partial charge in [-0.25, -0.2) is 0 Å². The lowest BCUT2D eigenvalue weighted by atomic mass is 9.70. The molecule has 2 bridgehead atoms. The second-order valence-corrected chi connectivity index (χ2v) is 12.2. The molecule has 11 heteroatoms. The zero-order chi connectivity index (χ0) is 27.0. The van der Waals surface area contributed by atoms with E-state index < -0.39 is 35.6 Å². The molecule has 1 spiro atoms. The van der Waals surface area contributed by atoms with Crippen LogP contribution in [0.1, 0.15) is 20.3 Å². The van der Waals surface area contributed by atoms with Crippen molar-refractivity contribution in [2.24, 2.45) is 17.8 Å². The molecule has 1 aromatic rings. The van der Waals surface area contributed by atoms with E-state index in [2.05, 4.69) is 31.5 Å². The number of hydrogen-bond acceptors (Lipinski definition) is 7. The molecule has 38 heavy (non-hydrogen) atoms. The van der Waals surface area contributed by atoms with Crippen LogP contribution in [0.2, 0.25) is 0 Å². The monoisotopic (exact) mass is 592 g/mol. The van der Waals surface area contributed by atoms with Gasteiger partial charge in [-0.05, 0) is 24.5 Å². The highest BCUT2D eigenvalue weighted by molar-refractivity contribution is 9.09. The number of morpholine rings is 1. The summed E-state index contributed by atoms with van der Waals surface area (Å²) in [6.07, 6.45) is -0.109. The normalized spacial score (nSPS) is 33.4. The van der Waals surface area contributed by atoms with Crippen molar-refractivity contribution >= 4 is 39.3 Å². The van der Waals surface area contributed by atoms with E-state index in [-0.39, 0.29) is 35.1 Å². The number of anilines is 1. The molecule has 4 aliphatic rings. The number of benzene rings is 1. The maximum Gasteiger partial charge on any atom is 0.245 e. The van der Waals surface area contributed by atoms with Gasteiger partial charge in [0.15, 0.2) is 0 Å². The Labute approximate surface area is 231 Å². The van der Waals surface area contributed by atoms with Gasteiger partial charge < -0.3 is 30.1 Å². The maximum absolute atomic E-state index is 14.1. The van der Waals surface area contributed by atoms with E-state index >= 15 is 0 Å². The summed E-state index contributed by atoms with van der Waals surface area (Å²) >= 11 is 3.69. The van der Waals surface area contributed by atoms with Crippen molar-refractivity contribution in [3.8, 4) is 0 Å². The van der Waals surface area contributed by atoms with Crippen LogP contribution in [0.3, 0.4) is 0 Å². The first kappa shape index (κ1) is 27.5. The summed E-state index contributed by atoms with van der Waals surface area (Å²) in [5, 5.41) is 16.3. The fraction of sp³-hybridized carbons (Fsp3) is 0.667. The Kier molecular flexibility index (Phi) is 8.12. The average Bonchev–Trinajstić information content (AvgIpc) is 3.49. The van der Waals surface area contributed by atoms with Gasteiger partial charge in [-0.15, -0.1) is 0 Å². The smallest absolute Gasteiger partial charge is 0.245 e. The molecule has 0 aliphatic carbocycles. The topological polar surface area (TPSA) is 120 Å². The van der Waals surface area contributed by atoms with Crippen LogP contribution in [-0.4, -0.2) is 107 Å². The number of carbonyl (C=O) groups excluding carboxylic acids is 3. The lowest BCUT2D eigenvalue weighted by Crippen LogP contribution is -2.59. The van der Waals surface area contributed by atoms with Crippen molar-refractivity contribution in [1.82, 2.24) is 15.1 Å². The number of carbonyl (C=O) groups is 3. The summed E-state index contributed by atoms with van der Waals surface area (Å²) < 4.78 is 11.9. The Balaban J connectivity index is 1.43. The number of para-hydroxylation sites is 1. The molecule has 1 aromatic carbocycles. The quantitative estimate of drug-likeness (QED) is 0.363. The number of rotatable bonds is 9. The molecular weight excluding hydrogens is 556 g/mol. The van der Waals surface area contributed by atoms with E-state index in [9.17, 15) is 19.5 Å². The van der Waals surface area contributed by atoms with Gasteiger partial charge in [0, 0.05) is 36.7 Å². The number of fused-ring (bicyclic) bond motifs is 1. The van der Waals surface area contributed by atoms with E-state index in [1.165, 1.54) is 4.90 Å². The number of nitrogens with zero attached hydrogens (tertiary/aromatic N) is 2. The van der Waals surface area contributed by atoms with Crippen LogP contribution >= 0.6 is 15.9 Å². The number of alkyl halides is 1. The molecule has 3 amide bonds. The van der Waals surface area contributed by atoms with E-state index in [4.69, 9.17) is 9.47 Å². The lowest BCUT2D eigenvalue weighted by Gasteiger charge is -2.38. The molecule has 4 heterocycles. The Morgan fingerprint density at radius 2 is 1.89 bits per heavy atom. The molecule has 7 atom stereocenters. The second-order valence-electron chi connectivity index (χ2n) is 11.0. The molecule has 0 aromatic heterocycles. The Bertz CT molecular complexity index is 1040. The van der Waals surface area contributed by atoms with Crippen LogP contribution in [0.4, 0.5) is 5.69 Å². The van der Waals surface area contributed by atoms with Gasteiger partial charge in [-0.3, -0.25) is 19.3 Å². The summed E-state index contributed by atoms with van der Waals surface area (Å²) in [6, 6.07) is 7.59. The fourth-order valence-corrected chi connectivity index (χ4v) is 7.59. The zero-order valence-corrected chi connectivity index (χ0v) is 23.4. The van der Waals surface area contributed by atoms with E-state index in [1.54, 1.807) is 12.1 Å². The minimum Gasteiger partial charge on any atom is -0.394 e. The Morgan fingerprint density at radius 3 is 2.55 bits per heavy atom. The van der Waals surface area contributed by atoms with Crippen molar-refractivity contribution in [1.29, 1.82) is 0 Å². The number of hydrogen-bond donors (Lipinski definition) is 3. The highest BCUT2D eigenvalue weighted by Crippen LogP contribution is 2.60. The van der Waals surface area contributed by atoms with Crippen molar-refractivity contribution in [3.05, 3.63) is 30.3 Å². The second kappa shape index (κ2) is 11.2. The number of aliphatic hydroxyl groups excluding tert-OH is 1. The molecule has 4 saturated heterocycles. The summed E-state index contributed by atoms with van der Waals surface area (Å²) in [5.41, 5.74) is -0.518. The number of likely N-dealkylation sites (tertiary alicyclic amines) is 1. The fourth-order valence-electron chi connectivity index (χ4n) is 6.65. The van der Waals surface area contributed by atoms with Gasteiger partial charge >= 0.3 is 0 Å². The van der Waals surface area contributed by atoms with Gasteiger partial charge in [0.25, 0.3) is 0 Å². The van der Waals surface area contributed by atoms with Crippen LogP contribution < -0.4 is 10.6 Å². The number of halogens is 1. The van der Waals surface area contributed by atoms with Crippen LogP contribution in [-0.2, 0) is 23.9 Å². The molecule has 0 radical (unpaired) electrons. The minimum atomic E-state index is -1.15. The molecule has 10 nitrogen and oxygen atoms in total. The maximum atomic E-state index is 14.1. The van der Waals surface area contributed by atoms with Crippen LogP contribution in [0, 0.1) is 17.8 Å². The summed E-state index contributed by atoms with van der Waals surface area (Å²) in [7, 11) is 0. The number of aliphatic hydroxyl groups is 1. The molecule has 208 valence electrons.